The lowest BCUT2D eigenvalue weighted by molar-refractivity contribution is -0.145. The van der Waals surface area contributed by atoms with Crippen LogP contribution in [0.1, 0.15) is 25.0 Å². The molecule has 1 aliphatic heterocycles. The molecular weight excluding hydrogens is 701 g/mol. The smallest absolute Gasteiger partial charge is 0.326 e. The molecule has 5 rings (SSSR count). The van der Waals surface area contributed by atoms with Gasteiger partial charge in [0, 0.05) is 0 Å². The second-order valence-corrected chi connectivity index (χ2v) is 15.0. The standard InChI is InChI=1S/C18H21NO6S.C18H19NO5S/c1-13(20)17(18(21)24-2)19-26(22,23)16-10-8-15(9-11-16)25-12-14-6-4-3-5-7-14;1-13-17(18(20)23-2)19(13)25(21,22)16-10-8-15(9-11-16)24-12-14-6-4-3-5-7-14/h3-11,13,17,19-20H,12H2,1-2H3;3-11,13,17H,12H2,1-2H3. The second kappa shape index (κ2) is 17.4. The molecule has 4 aromatic rings. The number of carbonyl (C=O) groups excluding carboxylic acids is 2. The van der Waals surface area contributed by atoms with E-state index in [0.717, 1.165) is 22.5 Å². The monoisotopic (exact) mass is 740 g/mol. The lowest BCUT2D eigenvalue weighted by Crippen LogP contribution is -2.48. The number of nitrogens with one attached hydrogen (secondary N) is 1. The molecular formula is C36H40N2O11S2. The Balaban J connectivity index is 0.000000229. The van der Waals surface area contributed by atoms with Crippen molar-refractivity contribution in [3.8, 4) is 11.5 Å². The van der Waals surface area contributed by atoms with Crippen LogP contribution in [-0.4, -0.2) is 76.6 Å². The van der Waals surface area contributed by atoms with Gasteiger partial charge in [0.05, 0.1) is 36.2 Å². The van der Waals surface area contributed by atoms with E-state index in [0.29, 0.717) is 24.7 Å². The van der Waals surface area contributed by atoms with E-state index >= 15 is 0 Å². The van der Waals surface area contributed by atoms with Crippen molar-refractivity contribution in [2.45, 2.75) is 61.1 Å². The molecule has 1 aliphatic rings. The van der Waals surface area contributed by atoms with E-state index in [-0.39, 0.29) is 9.79 Å². The van der Waals surface area contributed by atoms with Crippen molar-refractivity contribution < 1.29 is 50.5 Å². The Hall–Kier alpha value is -4.80. The van der Waals surface area contributed by atoms with Gasteiger partial charge in [0.2, 0.25) is 20.0 Å². The number of ether oxygens (including phenoxy) is 4. The fraction of sp³-hybridized carbons (Fsp3) is 0.278. The Labute approximate surface area is 297 Å². The van der Waals surface area contributed by atoms with E-state index in [1.165, 1.54) is 50.4 Å². The first-order chi connectivity index (χ1) is 24.3. The van der Waals surface area contributed by atoms with Gasteiger partial charge in [-0.05, 0) is 73.5 Å². The van der Waals surface area contributed by atoms with Crippen molar-refractivity contribution in [3.63, 3.8) is 0 Å². The van der Waals surface area contributed by atoms with Crippen LogP contribution in [0, 0.1) is 0 Å². The van der Waals surface area contributed by atoms with Crippen molar-refractivity contribution in [1.29, 1.82) is 0 Å². The fourth-order valence-electron chi connectivity index (χ4n) is 4.84. The van der Waals surface area contributed by atoms with Crippen molar-refractivity contribution in [2.75, 3.05) is 14.2 Å². The molecule has 2 N–H and O–H groups in total. The second-order valence-electron chi connectivity index (χ2n) is 11.4. The number of hydrogen-bond acceptors (Lipinski definition) is 11. The SMILES string of the molecule is COC(=O)C(NS(=O)(=O)c1ccc(OCc2ccccc2)cc1)C(C)O.COC(=O)C1C(C)N1S(=O)(=O)c1ccc(OCc2ccccc2)cc1. The summed E-state index contributed by atoms with van der Waals surface area (Å²) in [6.07, 6.45) is -1.24. The highest BCUT2D eigenvalue weighted by atomic mass is 32.2. The molecule has 0 radical (unpaired) electrons. The molecule has 0 spiro atoms. The van der Waals surface area contributed by atoms with E-state index in [4.69, 9.17) is 9.47 Å². The van der Waals surface area contributed by atoms with Crippen LogP contribution in [0.4, 0.5) is 0 Å². The molecule has 272 valence electrons. The van der Waals surface area contributed by atoms with Crippen LogP contribution in [0.5, 0.6) is 11.5 Å². The minimum absolute atomic E-state index is 0.0564. The van der Waals surface area contributed by atoms with Gasteiger partial charge in [0.1, 0.15) is 36.8 Å². The molecule has 0 amide bonds. The van der Waals surface area contributed by atoms with Crippen LogP contribution in [0.2, 0.25) is 0 Å². The van der Waals surface area contributed by atoms with E-state index in [1.54, 1.807) is 19.1 Å². The Morgan fingerprint density at radius 1 is 0.725 bits per heavy atom. The molecule has 5 unspecified atom stereocenters. The number of rotatable bonds is 14. The predicted molar refractivity (Wildman–Crippen MR) is 187 cm³/mol. The van der Waals surface area contributed by atoms with Crippen LogP contribution in [-0.2, 0) is 52.3 Å². The number of sulfonamides is 2. The van der Waals surface area contributed by atoms with Crippen molar-refractivity contribution in [3.05, 3.63) is 120 Å². The van der Waals surface area contributed by atoms with Crippen molar-refractivity contribution in [1.82, 2.24) is 9.03 Å². The highest BCUT2D eigenvalue weighted by Gasteiger charge is 2.57. The van der Waals surface area contributed by atoms with Crippen LogP contribution >= 0.6 is 0 Å². The van der Waals surface area contributed by atoms with Gasteiger partial charge in [-0.1, -0.05) is 60.7 Å². The zero-order valence-electron chi connectivity index (χ0n) is 28.4. The Kier molecular flexibility index (Phi) is 13.3. The molecule has 0 saturated carbocycles. The largest absolute Gasteiger partial charge is 0.489 e. The van der Waals surface area contributed by atoms with Crippen molar-refractivity contribution in [2.24, 2.45) is 0 Å². The zero-order chi connectivity index (χ0) is 37.2. The summed E-state index contributed by atoms with van der Waals surface area (Å²) >= 11 is 0. The van der Waals surface area contributed by atoms with Crippen LogP contribution < -0.4 is 14.2 Å². The third-order valence-corrected chi connectivity index (χ3v) is 11.2. The molecule has 0 aliphatic carbocycles. The van der Waals surface area contributed by atoms with Gasteiger partial charge in [-0.3, -0.25) is 9.59 Å². The summed E-state index contributed by atoms with van der Waals surface area (Å²) in [5, 5.41) is 9.60. The number of hydrogen-bond donors (Lipinski definition) is 2. The fourth-order valence-corrected chi connectivity index (χ4v) is 7.89. The van der Waals surface area contributed by atoms with Gasteiger partial charge in [-0.2, -0.15) is 9.03 Å². The summed E-state index contributed by atoms with van der Waals surface area (Å²) in [6, 6.07) is 28.7. The average molecular weight is 741 g/mol. The number of aliphatic hydroxyl groups is 1. The summed E-state index contributed by atoms with van der Waals surface area (Å²) in [6.45, 7) is 3.74. The number of methoxy groups -OCH3 is 2. The quantitative estimate of drug-likeness (QED) is 0.143. The van der Waals surface area contributed by atoms with Gasteiger partial charge in [0.25, 0.3) is 0 Å². The zero-order valence-corrected chi connectivity index (χ0v) is 30.0. The summed E-state index contributed by atoms with van der Waals surface area (Å²) in [7, 11) is -5.37. The third kappa shape index (κ3) is 10.4. The maximum absolute atomic E-state index is 12.6. The molecule has 1 heterocycles. The molecule has 51 heavy (non-hydrogen) atoms. The number of nitrogens with zero attached hydrogens (tertiary/aromatic N) is 1. The van der Waals surface area contributed by atoms with Crippen LogP contribution in [0.25, 0.3) is 0 Å². The van der Waals surface area contributed by atoms with Gasteiger partial charge < -0.3 is 24.1 Å². The maximum atomic E-state index is 12.6. The summed E-state index contributed by atoms with van der Waals surface area (Å²) in [5.74, 6) is -0.329. The molecule has 1 saturated heterocycles. The summed E-state index contributed by atoms with van der Waals surface area (Å²) in [4.78, 5) is 23.3. The predicted octanol–water partition coefficient (Wildman–Crippen LogP) is 3.67. The van der Waals surface area contributed by atoms with E-state index in [2.05, 4.69) is 14.2 Å². The topological polar surface area (TPSA) is 175 Å². The normalized spacial score (nSPS) is 17.9. The number of esters is 2. The molecule has 0 bridgehead atoms. The van der Waals surface area contributed by atoms with Crippen LogP contribution in [0.15, 0.2) is 119 Å². The van der Waals surface area contributed by atoms with Gasteiger partial charge in [0.15, 0.2) is 0 Å². The molecule has 15 heteroatoms. The van der Waals surface area contributed by atoms with Crippen LogP contribution in [0.3, 0.4) is 0 Å². The lowest BCUT2D eigenvalue weighted by atomic mass is 10.2. The highest BCUT2D eigenvalue weighted by Crippen LogP contribution is 2.36. The summed E-state index contributed by atoms with van der Waals surface area (Å²) in [5.41, 5.74) is 2.02. The molecule has 1 fully saturated rings. The number of benzene rings is 4. The first kappa shape index (κ1) is 39.0. The molecule has 5 atom stereocenters. The molecule has 13 nitrogen and oxygen atoms in total. The van der Waals surface area contributed by atoms with Gasteiger partial charge >= 0.3 is 11.9 Å². The van der Waals surface area contributed by atoms with Gasteiger partial charge in [-0.15, -0.1) is 0 Å². The highest BCUT2D eigenvalue weighted by molar-refractivity contribution is 7.89. The minimum atomic E-state index is -4.01. The molecule has 4 aromatic carbocycles. The van der Waals surface area contributed by atoms with Gasteiger partial charge in [-0.25, -0.2) is 16.8 Å². The number of carbonyl (C=O) groups is 2. The van der Waals surface area contributed by atoms with Crippen molar-refractivity contribution >= 4 is 32.0 Å². The lowest BCUT2D eigenvalue weighted by Gasteiger charge is -2.19. The first-order valence-corrected chi connectivity index (χ1v) is 18.6. The summed E-state index contributed by atoms with van der Waals surface area (Å²) < 4.78 is 73.7. The Morgan fingerprint density at radius 3 is 1.59 bits per heavy atom. The Morgan fingerprint density at radius 2 is 1.18 bits per heavy atom. The minimum Gasteiger partial charge on any atom is -0.489 e. The number of aliphatic hydroxyl groups excluding tert-OH is 1. The third-order valence-electron chi connectivity index (χ3n) is 7.73. The Bertz CT molecular complexity index is 1960. The molecule has 0 aromatic heterocycles. The maximum Gasteiger partial charge on any atom is 0.326 e. The van der Waals surface area contributed by atoms with E-state index in [1.807, 2.05) is 60.7 Å². The average Bonchev–Trinajstić information content (AvgIpc) is 3.84. The van der Waals surface area contributed by atoms with E-state index in [9.17, 15) is 31.5 Å². The van der Waals surface area contributed by atoms with E-state index < -0.39 is 56.2 Å². The first-order valence-electron chi connectivity index (χ1n) is 15.7.